The number of pyridine rings is 1. The van der Waals surface area contributed by atoms with Crippen molar-refractivity contribution in [3.63, 3.8) is 0 Å². The Kier molecular flexibility index (Phi) is 3.86. The van der Waals surface area contributed by atoms with Crippen molar-refractivity contribution < 1.29 is 8.42 Å². The van der Waals surface area contributed by atoms with Crippen LogP contribution in [0.3, 0.4) is 0 Å². The van der Waals surface area contributed by atoms with Crippen molar-refractivity contribution in [1.29, 1.82) is 0 Å². The standard InChI is InChI=1S/C13H13N7O2S/c14-7-8-1-3-9(4-2-8)10-5-6-16-13(23(15,21)22)11(10)12-17-19-20-18-12/h1-6H,7,14H2,(H2,15,21,22)(H,17,18,19,20). The Morgan fingerprint density at radius 3 is 2.43 bits per heavy atom. The Morgan fingerprint density at radius 2 is 1.87 bits per heavy atom. The maximum Gasteiger partial charge on any atom is 0.256 e. The van der Waals surface area contributed by atoms with E-state index < -0.39 is 10.0 Å². The summed E-state index contributed by atoms with van der Waals surface area (Å²) in [6.07, 6.45) is 1.37. The van der Waals surface area contributed by atoms with Crippen molar-refractivity contribution in [2.45, 2.75) is 11.6 Å². The molecule has 3 aromatic rings. The predicted molar refractivity (Wildman–Crippen MR) is 82.1 cm³/mol. The molecule has 1 aromatic carbocycles. The van der Waals surface area contributed by atoms with Crippen LogP contribution in [0.1, 0.15) is 5.56 Å². The first-order valence-corrected chi connectivity index (χ1v) is 8.10. The van der Waals surface area contributed by atoms with Gasteiger partial charge < -0.3 is 5.73 Å². The molecule has 0 bridgehead atoms. The average molecular weight is 331 g/mol. The highest BCUT2D eigenvalue weighted by Crippen LogP contribution is 2.33. The molecule has 0 saturated heterocycles. The summed E-state index contributed by atoms with van der Waals surface area (Å²) < 4.78 is 23.7. The van der Waals surface area contributed by atoms with Crippen molar-refractivity contribution >= 4 is 10.0 Å². The Hall–Kier alpha value is -2.69. The fourth-order valence-corrected chi connectivity index (χ4v) is 2.90. The number of primary sulfonamides is 1. The number of nitrogens with zero attached hydrogens (tertiary/aromatic N) is 4. The molecule has 0 aliphatic heterocycles. The zero-order valence-electron chi connectivity index (χ0n) is 11.8. The van der Waals surface area contributed by atoms with E-state index in [0.29, 0.717) is 12.1 Å². The SMILES string of the molecule is NCc1ccc(-c2ccnc(S(N)(=O)=O)c2-c2nn[nH]n2)cc1. The second-order valence-electron chi connectivity index (χ2n) is 4.72. The lowest BCUT2D eigenvalue weighted by Crippen LogP contribution is -2.16. The summed E-state index contributed by atoms with van der Waals surface area (Å²) in [7, 11) is -4.06. The van der Waals surface area contributed by atoms with E-state index in [9.17, 15) is 8.42 Å². The monoisotopic (exact) mass is 331 g/mol. The van der Waals surface area contributed by atoms with Gasteiger partial charge in [-0.15, -0.1) is 10.2 Å². The van der Waals surface area contributed by atoms with Crippen LogP contribution in [0, 0.1) is 0 Å². The Labute approximate surface area is 131 Å². The molecule has 0 unspecified atom stereocenters. The van der Waals surface area contributed by atoms with Crippen LogP contribution in [0.4, 0.5) is 0 Å². The fourth-order valence-electron chi connectivity index (χ4n) is 2.20. The third-order valence-electron chi connectivity index (χ3n) is 3.26. The van der Waals surface area contributed by atoms with E-state index in [4.69, 9.17) is 10.9 Å². The Morgan fingerprint density at radius 1 is 1.13 bits per heavy atom. The van der Waals surface area contributed by atoms with Gasteiger partial charge in [-0.05, 0) is 28.0 Å². The summed E-state index contributed by atoms with van der Waals surface area (Å²) in [6.45, 7) is 0.413. The molecule has 10 heteroatoms. The first-order chi connectivity index (χ1) is 11.0. The van der Waals surface area contributed by atoms with Gasteiger partial charge in [-0.3, -0.25) is 0 Å². The van der Waals surface area contributed by atoms with Crippen LogP contribution in [0.15, 0.2) is 41.6 Å². The number of benzene rings is 1. The molecule has 0 amide bonds. The molecule has 5 N–H and O–H groups in total. The molecule has 9 nitrogen and oxygen atoms in total. The van der Waals surface area contributed by atoms with Crippen molar-refractivity contribution in [2.75, 3.05) is 0 Å². The first-order valence-electron chi connectivity index (χ1n) is 6.55. The summed E-state index contributed by atoms with van der Waals surface area (Å²) in [5.74, 6) is 0.0972. The van der Waals surface area contributed by atoms with E-state index in [0.717, 1.165) is 11.1 Å². The summed E-state index contributed by atoms with van der Waals surface area (Å²) in [6, 6.07) is 9.03. The van der Waals surface area contributed by atoms with Gasteiger partial charge in [-0.2, -0.15) is 5.21 Å². The molecule has 118 valence electrons. The average Bonchev–Trinajstić information content (AvgIpc) is 3.07. The van der Waals surface area contributed by atoms with Crippen LogP contribution in [0.5, 0.6) is 0 Å². The van der Waals surface area contributed by atoms with Gasteiger partial charge in [0.15, 0.2) is 5.03 Å². The highest BCUT2D eigenvalue weighted by molar-refractivity contribution is 7.89. The number of nitrogens with two attached hydrogens (primary N) is 2. The van der Waals surface area contributed by atoms with Gasteiger partial charge in [-0.1, -0.05) is 24.3 Å². The first kappa shape index (κ1) is 15.2. The number of aromatic amines is 1. The molecule has 0 aliphatic rings. The van der Waals surface area contributed by atoms with Gasteiger partial charge in [-0.25, -0.2) is 18.5 Å². The van der Waals surface area contributed by atoms with Crippen molar-refractivity contribution in [3.05, 3.63) is 42.1 Å². The largest absolute Gasteiger partial charge is 0.326 e. The number of nitrogens with one attached hydrogen (secondary N) is 1. The molecule has 0 radical (unpaired) electrons. The molecule has 23 heavy (non-hydrogen) atoms. The number of H-pyrrole nitrogens is 1. The number of hydrogen-bond acceptors (Lipinski definition) is 7. The third-order valence-corrected chi connectivity index (χ3v) is 4.10. The Bertz CT molecular complexity index is 921. The number of hydrogen-bond donors (Lipinski definition) is 3. The van der Waals surface area contributed by atoms with E-state index in [-0.39, 0.29) is 16.4 Å². The highest BCUT2D eigenvalue weighted by Gasteiger charge is 2.23. The van der Waals surface area contributed by atoms with E-state index in [1.165, 1.54) is 6.20 Å². The minimum atomic E-state index is -4.06. The summed E-state index contributed by atoms with van der Waals surface area (Å²) in [4.78, 5) is 3.87. The maximum absolute atomic E-state index is 11.8. The van der Waals surface area contributed by atoms with E-state index in [2.05, 4.69) is 25.6 Å². The molecule has 2 aromatic heterocycles. The van der Waals surface area contributed by atoms with Crippen LogP contribution >= 0.6 is 0 Å². The summed E-state index contributed by atoms with van der Waals surface area (Å²) in [5.41, 5.74) is 8.08. The van der Waals surface area contributed by atoms with Gasteiger partial charge in [0, 0.05) is 12.7 Å². The lowest BCUT2D eigenvalue weighted by atomic mass is 10.00. The number of aromatic nitrogens is 5. The predicted octanol–water partition coefficient (Wildman–Crippen LogP) is 0.0348. The van der Waals surface area contributed by atoms with Crippen molar-refractivity contribution in [2.24, 2.45) is 10.9 Å². The molecule has 0 aliphatic carbocycles. The molecule has 3 rings (SSSR count). The zero-order valence-corrected chi connectivity index (χ0v) is 12.7. The van der Waals surface area contributed by atoms with Gasteiger partial charge in [0.25, 0.3) is 10.0 Å². The van der Waals surface area contributed by atoms with Crippen LogP contribution in [0.2, 0.25) is 0 Å². The minimum absolute atomic E-state index is 0.0972. The molecule has 0 fully saturated rings. The lowest BCUT2D eigenvalue weighted by molar-refractivity contribution is 0.594. The second kappa shape index (κ2) is 5.83. The fraction of sp³-hybridized carbons (Fsp3) is 0.0769. The second-order valence-corrected chi connectivity index (χ2v) is 6.20. The maximum atomic E-state index is 11.8. The van der Waals surface area contributed by atoms with Crippen LogP contribution in [0.25, 0.3) is 22.5 Å². The zero-order chi connectivity index (χ0) is 16.4. The van der Waals surface area contributed by atoms with Gasteiger partial charge in [0.05, 0.1) is 5.56 Å². The van der Waals surface area contributed by atoms with Crippen LogP contribution in [-0.4, -0.2) is 34.0 Å². The van der Waals surface area contributed by atoms with E-state index in [1.54, 1.807) is 6.07 Å². The summed E-state index contributed by atoms with van der Waals surface area (Å²) >= 11 is 0. The third kappa shape index (κ3) is 2.95. The molecular weight excluding hydrogens is 318 g/mol. The number of tetrazole rings is 1. The van der Waals surface area contributed by atoms with Gasteiger partial charge >= 0.3 is 0 Å². The van der Waals surface area contributed by atoms with E-state index >= 15 is 0 Å². The van der Waals surface area contributed by atoms with E-state index in [1.807, 2.05) is 24.3 Å². The molecule has 0 spiro atoms. The topological polar surface area (TPSA) is 154 Å². The van der Waals surface area contributed by atoms with Crippen molar-refractivity contribution in [1.82, 2.24) is 25.6 Å². The molecule has 2 heterocycles. The lowest BCUT2D eigenvalue weighted by Gasteiger charge is -2.10. The molecule has 0 atom stereocenters. The normalized spacial score (nSPS) is 11.6. The quantitative estimate of drug-likeness (QED) is 0.609. The Balaban J connectivity index is 2.28. The van der Waals surface area contributed by atoms with Crippen LogP contribution in [-0.2, 0) is 16.6 Å². The smallest absolute Gasteiger partial charge is 0.256 e. The number of rotatable bonds is 4. The van der Waals surface area contributed by atoms with Gasteiger partial charge in [0.2, 0.25) is 5.82 Å². The summed E-state index contributed by atoms with van der Waals surface area (Å²) in [5, 5.41) is 18.4. The van der Waals surface area contributed by atoms with Gasteiger partial charge in [0.1, 0.15) is 0 Å². The van der Waals surface area contributed by atoms with Crippen LogP contribution < -0.4 is 10.9 Å². The number of sulfonamides is 1. The molecule has 0 saturated carbocycles. The van der Waals surface area contributed by atoms with Crippen molar-refractivity contribution in [3.8, 4) is 22.5 Å². The minimum Gasteiger partial charge on any atom is -0.326 e. The highest BCUT2D eigenvalue weighted by atomic mass is 32.2. The molecular formula is C13H13N7O2S.